The molecule has 1 atom stereocenters. The van der Waals surface area contributed by atoms with E-state index in [1.165, 1.54) is 6.20 Å². The zero-order chi connectivity index (χ0) is 13.8. The van der Waals surface area contributed by atoms with Crippen molar-refractivity contribution in [2.75, 3.05) is 6.67 Å². The van der Waals surface area contributed by atoms with Crippen LogP contribution in [0.15, 0.2) is 47.4 Å². The van der Waals surface area contributed by atoms with Crippen molar-refractivity contribution in [2.45, 2.75) is 32.9 Å². The highest BCUT2D eigenvalue weighted by Gasteiger charge is 2.18. The van der Waals surface area contributed by atoms with E-state index in [2.05, 4.69) is 10.3 Å². The van der Waals surface area contributed by atoms with Crippen molar-refractivity contribution in [2.24, 2.45) is 4.99 Å². The van der Waals surface area contributed by atoms with Crippen LogP contribution in [0.5, 0.6) is 0 Å². The Bertz CT molecular complexity index is 479. The van der Waals surface area contributed by atoms with E-state index in [9.17, 15) is 4.39 Å². The molecule has 0 radical (unpaired) electrons. The summed E-state index contributed by atoms with van der Waals surface area (Å²) in [5, 5.41) is 3.12. The Balaban J connectivity index is 2.03. The van der Waals surface area contributed by atoms with E-state index in [4.69, 9.17) is 0 Å². The molecule has 0 fully saturated rings. The lowest BCUT2D eigenvalue weighted by Crippen LogP contribution is -2.35. The summed E-state index contributed by atoms with van der Waals surface area (Å²) in [6.07, 6.45) is 1.53. The molecular formula is C15H20FN3. The van der Waals surface area contributed by atoms with Crippen molar-refractivity contribution in [1.29, 1.82) is 0 Å². The number of aliphatic imine (C=N–C) groups is 1. The first-order valence-corrected chi connectivity index (χ1v) is 6.57. The molecule has 0 spiro atoms. The maximum absolute atomic E-state index is 14.0. The Morgan fingerprint density at radius 3 is 2.47 bits per heavy atom. The molecule has 1 aromatic carbocycles. The highest BCUT2D eigenvalue weighted by atomic mass is 19.1. The number of hydrogen-bond donors (Lipinski definition) is 1. The fourth-order valence-corrected chi connectivity index (χ4v) is 1.93. The Morgan fingerprint density at radius 1 is 1.21 bits per heavy atom. The molecule has 1 heterocycles. The smallest absolute Gasteiger partial charge is 0.180 e. The Morgan fingerprint density at radius 2 is 1.89 bits per heavy atom. The van der Waals surface area contributed by atoms with E-state index in [1.54, 1.807) is 0 Å². The average molecular weight is 261 g/mol. The predicted octanol–water partition coefficient (Wildman–Crippen LogP) is 3.23. The standard InChI is InChI=1S/C15H20FN3/c1-11(2)19-9-14(16)15(17-10-19)18-12(3)13-7-5-4-6-8-13/h4-9,11-12H,10H2,1-3H3,(H,17,18)/t12-/m0/s1. The van der Waals surface area contributed by atoms with Gasteiger partial charge in [-0.25, -0.2) is 9.38 Å². The van der Waals surface area contributed by atoms with Crippen LogP contribution in [0, 0.1) is 0 Å². The molecule has 4 heteroatoms. The molecule has 0 amide bonds. The van der Waals surface area contributed by atoms with Crippen LogP contribution in [-0.2, 0) is 0 Å². The van der Waals surface area contributed by atoms with Crippen LogP contribution >= 0.6 is 0 Å². The Labute approximate surface area is 113 Å². The monoisotopic (exact) mass is 261 g/mol. The lowest BCUT2D eigenvalue weighted by molar-refractivity contribution is 0.307. The van der Waals surface area contributed by atoms with Gasteiger partial charge in [0.1, 0.15) is 6.67 Å². The average Bonchev–Trinajstić information content (AvgIpc) is 2.41. The zero-order valence-corrected chi connectivity index (χ0v) is 11.6. The number of hydrogen-bond acceptors (Lipinski definition) is 3. The second-order valence-electron chi connectivity index (χ2n) is 5.01. The van der Waals surface area contributed by atoms with Crippen molar-refractivity contribution < 1.29 is 4.39 Å². The molecule has 1 aromatic rings. The molecule has 0 unspecified atom stereocenters. The minimum atomic E-state index is -0.303. The molecular weight excluding hydrogens is 241 g/mol. The van der Waals surface area contributed by atoms with Gasteiger partial charge in [-0.2, -0.15) is 0 Å². The maximum atomic E-state index is 14.0. The third-order valence-electron chi connectivity index (χ3n) is 3.21. The molecule has 19 heavy (non-hydrogen) atoms. The third-order valence-corrected chi connectivity index (χ3v) is 3.21. The van der Waals surface area contributed by atoms with Crippen LogP contribution in [0.4, 0.5) is 4.39 Å². The topological polar surface area (TPSA) is 27.6 Å². The van der Waals surface area contributed by atoms with Gasteiger partial charge < -0.3 is 10.2 Å². The Hall–Kier alpha value is -1.84. The summed E-state index contributed by atoms with van der Waals surface area (Å²) in [4.78, 5) is 6.14. The van der Waals surface area contributed by atoms with Crippen molar-refractivity contribution in [1.82, 2.24) is 10.2 Å². The zero-order valence-electron chi connectivity index (χ0n) is 11.6. The van der Waals surface area contributed by atoms with E-state index in [0.717, 1.165) is 5.56 Å². The fourth-order valence-electron chi connectivity index (χ4n) is 1.93. The number of benzene rings is 1. The molecule has 2 rings (SSSR count). The summed E-state index contributed by atoms with van der Waals surface area (Å²) in [5.41, 5.74) is 1.12. The Kier molecular flexibility index (Phi) is 4.20. The molecule has 0 aliphatic carbocycles. The molecule has 0 aromatic heterocycles. The van der Waals surface area contributed by atoms with Gasteiger partial charge in [0, 0.05) is 12.2 Å². The fraction of sp³-hybridized carbons (Fsp3) is 0.400. The number of amidine groups is 1. The summed E-state index contributed by atoms with van der Waals surface area (Å²) < 4.78 is 14.0. The first kappa shape index (κ1) is 13.6. The van der Waals surface area contributed by atoms with E-state index in [1.807, 2.05) is 56.0 Å². The minimum Gasteiger partial charge on any atom is -0.361 e. The lowest BCUT2D eigenvalue weighted by Gasteiger charge is -2.27. The van der Waals surface area contributed by atoms with Crippen LogP contribution in [0.3, 0.4) is 0 Å². The summed E-state index contributed by atoms with van der Waals surface area (Å²) in [7, 11) is 0. The third kappa shape index (κ3) is 3.34. The first-order valence-electron chi connectivity index (χ1n) is 6.57. The number of nitrogens with zero attached hydrogens (tertiary/aromatic N) is 2. The molecule has 0 saturated heterocycles. The summed E-state index contributed by atoms with van der Waals surface area (Å²) in [6.45, 7) is 6.53. The van der Waals surface area contributed by atoms with Gasteiger partial charge in [-0.3, -0.25) is 0 Å². The minimum absolute atomic E-state index is 0.0321. The highest BCUT2D eigenvalue weighted by Crippen LogP contribution is 2.16. The van der Waals surface area contributed by atoms with E-state index in [-0.39, 0.29) is 17.9 Å². The SMILES string of the molecule is CC(C)N1C=C(F)C(N[C@@H](C)c2ccccc2)=NC1. The van der Waals surface area contributed by atoms with Crippen LogP contribution in [0.25, 0.3) is 0 Å². The van der Waals surface area contributed by atoms with Crippen molar-refractivity contribution in [3.05, 3.63) is 47.9 Å². The van der Waals surface area contributed by atoms with Crippen LogP contribution in [-0.4, -0.2) is 23.4 Å². The van der Waals surface area contributed by atoms with Gasteiger partial charge in [-0.15, -0.1) is 0 Å². The predicted molar refractivity (Wildman–Crippen MR) is 76.5 cm³/mol. The van der Waals surface area contributed by atoms with Gasteiger partial charge in [0.25, 0.3) is 0 Å². The number of rotatable bonds is 3. The van der Waals surface area contributed by atoms with Crippen molar-refractivity contribution in [3.8, 4) is 0 Å². The van der Waals surface area contributed by atoms with Crippen LogP contribution in [0.2, 0.25) is 0 Å². The molecule has 1 N–H and O–H groups in total. The molecule has 0 saturated carbocycles. The molecule has 3 nitrogen and oxygen atoms in total. The second-order valence-corrected chi connectivity index (χ2v) is 5.01. The van der Waals surface area contributed by atoms with Gasteiger partial charge in [-0.1, -0.05) is 30.3 Å². The summed E-state index contributed by atoms with van der Waals surface area (Å²) in [6, 6.07) is 10.2. The van der Waals surface area contributed by atoms with E-state index in [0.29, 0.717) is 12.5 Å². The van der Waals surface area contributed by atoms with E-state index < -0.39 is 0 Å². The van der Waals surface area contributed by atoms with Gasteiger partial charge in [0.2, 0.25) is 0 Å². The lowest BCUT2D eigenvalue weighted by atomic mass is 10.1. The maximum Gasteiger partial charge on any atom is 0.180 e. The summed E-state index contributed by atoms with van der Waals surface area (Å²) in [5.74, 6) is 0.0379. The largest absolute Gasteiger partial charge is 0.361 e. The normalized spacial score (nSPS) is 17.0. The molecule has 1 aliphatic heterocycles. The highest BCUT2D eigenvalue weighted by molar-refractivity contribution is 5.96. The van der Waals surface area contributed by atoms with Gasteiger partial charge in [-0.05, 0) is 26.3 Å². The van der Waals surface area contributed by atoms with Crippen LogP contribution in [0.1, 0.15) is 32.4 Å². The first-order chi connectivity index (χ1) is 9.08. The van der Waals surface area contributed by atoms with Crippen molar-refractivity contribution >= 4 is 5.84 Å². The quantitative estimate of drug-likeness (QED) is 0.904. The summed E-state index contributed by atoms with van der Waals surface area (Å²) >= 11 is 0. The second kappa shape index (κ2) is 5.87. The number of halogens is 1. The molecule has 0 bridgehead atoms. The van der Waals surface area contributed by atoms with Crippen molar-refractivity contribution in [3.63, 3.8) is 0 Å². The number of nitrogens with one attached hydrogen (secondary N) is 1. The van der Waals surface area contributed by atoms with Gasteiger partial charge in [0.15, 0.2) is 11.7 Å². The van der Waals surface area contributed by atoms with Crippen LogP contribution < -0.4 is 5.32 Å². The molecule has 102 valence electrons. The van der Waals surface area contributed by atoms with E-state index >= 15 is 0 Å². The van der Waals surface area contributed by atoms with Gasteiger partial charge >= 0.3 is 0 Å². The molecule has 1 aliphatic rings. The van der Waals surface area contributed by atoms with Gasteiger partial charge in [0.05, 0.1) is 6.04 Å².